The van der Waals surface area contributed by atoms with Gasteiger partial charge in [-0.3, -0.25) is 0 Å². The Morgan fingerprint density at radius 2 is 1.17 bits per heavy atom. The van der Waals surface area contributed by atoms with Crippen LogP contribution < -0.4 is 0 Å². The van der Waals surface area contributed by atoms with Crippen molar-refractivity contribution in [3.05, 3.63) is 45.5 Å². The van der Waals surface area contributed by atoms with E-state index in [0.717, 1.165) is 5.56 Å². The number of phenolic OH excluding ortho intramolecular Hbond substituents is 2. The number of aryl methyl sites for hydroxylation is 3. The molecule has 0 bridgehead atoms. The molecule has 2 aromatic carbocycles. The zero-order chi connectivity index (χ0) is 17.7. The maximum Gasteiger partial charge on any atom is 0.210 e. The van der Waals surface area contributed by atoms with Crippen molar-refractivity contribution in [1.29, 1.82) is 0 Å². The second-order valence-corrected chi connectivity index (χ2v) is 7.96. The molecule has 0 saturated heterocycles. The third-order valence-electron chi connectivity index (χ3n) is 4.53. The quantitative estimate of drug-likeness (QED) is 0.876. The van der Waals surface area contributed by atoms with Crippen molar-refractivity contribution in [2.24, 2.45) is 0 Å². The van der Waals surface area contributed by atoms with Crippen LogP contribution in [0.25, 0.3) is 0 Å². The molecule has 0 spiro atoms. The van der Waals surface area contributed by atoms with Crippen molar-refractivity contribution in [3.63, 3.8) is 0 Å². The summed E-state index contributed by atoms with van der Waals surface area (Å²) in [7, 11) is -3.94. The highest BCUT2D eigenvalue weighted by Gasteiger charge is 2.29. The van der Waals surface area contributed by atoms with Gasteiger partial charge < -0.3 is 10.2 Å². The van der Waals surface area contributed by atoms with Crippen molar-refractivity contribution < 1.29 is 18.6 Å². The molecule has 2 rings (SSSR count). The van der Waals surface area contributed by atoms with Crippen LogP contribution in [0.4, 0.5) is 0 Å². The minimum Gasteiger partial charge on any atom is -0.507 e. The van der Waals surface area contributed by atoms with Crippen LogP contribution in [-0.2, 0) is 9.84 Å². The topological polar surface area (TPSA) is 74.6 Å². The van der Waals surface area contributed by atoms with Crippen molar-refractivity contribution in [2.45, 2.75) is 51.3 Å². The van der Waals surface area contributed by atoms with Crippen molar-refractivity contribution in [1.82, 2.24) is 0 Å². The molecule has 0 amide bonds. The van der Waals surface area contributed by atoms with E-state index in [1.807, 2.05) is 6.92 Å². The van der Waals surface area contributed by atoms with E-state index in [2.05, 4.69) is 0 Å². The number of phenols is 2. The standard InChI is InChI=1S/C18H22O4S/c1-9-7-11(3)18(17(20)13(9)5)23(21,22)15-8-10(2)12(4)16(19)14(15)6/h7-8,19-20H,1-6H3. The van der Waals surface area contributed by atoms with E-state index < -0.39 is 9.84 Å². The fourth-order valence-electron chi connectivity index (χ4n) is 2.77. The summed E-state index contributed by atoms with van der Waals surface area (Å²) in [6.07, 6.45) is 0. The number of aromatic hydroxyl groups is 2. The first kappa shape index (κ1) is 17.3. The van der Waals surface area contributed by atoms with Gasteiger partial charge in [-0.1, -0.05) is 6.07 Å². The molecule has 0 aliphatic carbocycles. The number of hydrogen-bond donors (Lipinski definition) is 2. The van der Waals surface area contributed by atoms with E-state index in [0.29, 0.717) is 27.8 Å². The number of benzene rings is 2. The first-order chi connectivity index (χ1) is 10.5. The highest BCUT2D eigenvalue weighted by molar-refractivity contribution is 7.91. The molecule has 0 saturated carbocycles. The average molecular weight is 334 g/mol. The highest BCUT2D eigenvalue weighted by Crippen LogP contribution is 2.39. The zero-order valence-electron chi connectivity index (χ0n) is 14.3. The molecule has 0 atom stereocenters. The van der Waals surface area contributed by atoms with Crippen molar-refractivity contribution >= 4 is 9.84 Å². The van der Waals surface area contributed by atoms with Gasteiger partial charge in [-0.2, -0.15) is 0 Å². The Kier molecular flexibility index (Phi) is 4.20. The van der Waals surface area contributed by atoms with Crippen molar-refractivity contribution in [3.8, 4) is 11.5 Å². The van der Waals surface area contributed by atoms with E-state index in [9.17, 15) is 18.6 Å². The Morgan fingerprint density at radius 3 is 1.74 bits per heavy atom. The fraction of sp³-hybridized carbons (Fsp3) is 0.333. The summed E-state index contributed by atoms with van der Waals surface area (Å²) in [6, 6.07) is 3.30. The summed E-state index contributed by atoms with van der Waals surface area (Å²) in [5.41, 5.74) is 3.50. The second kappa shape index (κ2) is 5.57. The molecule has 2 N–H and O–H groups in total. The summed E-state index contributed by atoms with van der Waals surface area (Å²) < 4.78 is 26.2. The Bertz CT molecular complexity index is 910. The summed E-state index contributed by atoms with van der Waals surface area (Å²) in [6.45, 7) is 10.2. The average Bonchev–Trinajstić information content (AvgIpc) is 2.46. The van der Waals surface area contributed by atoms with Gasteiger partial charge in [0.2, 0.25) is 9.84 Å². The van der Waals surface area contributed by atoms with Gasteiger partial charge >= 0.3 is 0 Å². The third kappa shape index (κ3) is 2.59. The molecule has 0 radical (unpaired) electrons. The number of sulfone groups is 1. The minimum atomic E-state index is -3.94. The molecule has 0 aromatic heterocycles. The van der Waals surface area contributed by atoms with Crippen LogP contribution >= 0.6 is 0 Å². The molecule has 0 fully saturated rings. The molecule has 124 valence electrons. The van der Waals surface area contributed by atoms with Crippen LogP contribution in [0.2, 0.25) is 0 Å². The molecule has 0 aliphatic rings. The first-order valence-corrected chi connectivity index (χ1v) is 8.83. The molecule has 0 heterocycles. The van der Waals surface area contributed by atoms with Gasteiger partial charge in [-0.05, 0) is 75.4 Å². The lowest BCUT2D eigenvalue weighted by Crippen LogP contribution is -2.09. The van der Waals surface area contributed by atoms with Crippen molar-refractivity contribution in [2.75, 3.05) is 0 Å². The Morgan fingerprint density at radius 1 is 0.696 bits per heavy atom. The SMILES string of the molecule is Cc1cc(S(=O)(=O)c2c(C)cc(C)c(C)c2O)c(C)c(O)c1C. The van der Waals surface area contributed by atoms with E-state index in [1.165, 1.54) is 0 Å². The summed E-state index contributed by atoms with van der Waals surface area (Å²) >= 11 is 0. The van der Waals surface area contributed by atoms with Crippen LogP contribution in [0, 0.1) is 41.5 Å². The Labute approximate surface area is 137 Å². The summed E-state index contributed by atoms with van der Waals surface area (Å²) in [5.74, 6) is -0.246. The van der Waals surface area contributed by atoms with Crippen LogP contribution in [-0.4, -0.2) is 18.6 Å². The molecule has 2 aromatic rings. The van der Waals surface area contributed by atoms with Gasteiger partial charge in [0.1, 0.15) is 16.4 Å². The van der Waals surface area contributed by atoms with E-state index in [-0.39, 0.29) is 21.3 Å². The van der Waals surface area contributed by atoms with Crippen LogP contribution in [0.5, 0.6) is 11.5 Å². The fourth-order valence-corrected chi connectivity index (χ4v) is 4.71. The van der Waals surface area contributed by atoms with E-state index in [1.54, 1.807) is 46.8 Å². The van der Waals surface area contributed by atoms with Crippen LogP contribution in [0.1, 0.15) is 33.4 Å². The maximum atomic E-state index is 13.1. The van der Waals surface area contributed by atoms with Gasteiger partial charge in [0.25, 0.3) is 0 Å². The summed E-state index contributed by atoms with van der Waals surface area (Å²) in [4.78, 5) is -0.0638. The van der Waals surface area contributed by atoms with Gasteiger partial charge in [-0.25, -0.2) is 8.42 Å². The number of hydrogen-bond acceptors (Lipinski definition) is 4. The van der Waals surface area contributed by atoms with Gasteiger partial charge in [-0.15, -0.1) is 0 Å². The predicted molar refractivity (Wildman–Crippen MR) is 90.1 cm³/mol. The lowest BCUT2D eigenvalue weighted by atomic mass is 10.1. The molecular formula is C18H22O4S. The third-order valence-corrected chi connectivity index (χ3v) is 6.59. The van der Waals surface area contributed by atoms with Crippen LogP contribution in [0.15, 0.2) is 21.9 Å². The predicted octanol–water partition coefficient (Wildman–Crippen LogP) is 3.78. The minimum absolute atomic E-state index is 0.0236. The molecule has 0 unspecified atom stereocenters. The number of rotatable bonds is 2. The monoisotopic (exact) mass is 334 g/mol. The van der Waals surface area contributed by atoms with E-state index >= 15 is 0 Å². The van der Waals surface area contributed by atoms with Gasteiger partial charge in [0.15, 0.2) is 0 Å². The normalized spacial score (nSPS) is 11.7. The Balaban J connectivity index is 2.88. The molecule has 0 aliphatic heterocycles. The van der Waals surface area contributed by atoms with Gasteiger partial charge in [0, 0.05) is 5.56 Å². The largest absolute Gasteiger partial charge is 0.507 e. The zero-order valence-corrected chi connectivity index (χ0v) is 15.1. The Hall–Kier alpha value is -2.01. The molecule has 23 heavy (non-hydrogen) atoms. The lowest BCUT2D eigenvalue weighted by molar-refractivity contribution is 0.451. The lowest BCUT2D eigenvalue weighted by Gasteiger charge is -2.17. The maximum absolute atomic E-state index is 13.1. The highest BCUT2D eigenvalue weighted by atomic mass is 32.2. The van der Waals surface area contributed by atoms with Gasteiger partial charge in [0.05, 0.1) is 4.90 Å². The van der Waals surface area contributed by atoms with Crippen LogP contribution in [0.3, 0.4) is 0 Å². The van der Waals surface area contributed by atoms with E-state index in [4.69, 9.17) is 0 Å². The second-order valence-electron chi connectivity index (χ2n) is 6.11. The molecule has 5 heteroatoms. The molecular weight excluding hydrogens is 312 g/mol. The smallest absolute Gasteiger partial charge is 0.210 e. The summed E-state index contributed by atoms with van der Waals surface area (Å²) in [5, 5.41) is 20.6. The first-order valence-electron chi connectivity index (χ1n) is 7.34. The molecule has 4 nitrogen and oxygen atoms in total.